The molecule has 2 aromatic heterocycles. The largest absolute Gasteiger partial charge is 0.331 e. The van der Waals surface area contributed by atoms with Crippen molar-refractivity contribution >= 4 is 35.4 Å². The van der Waals surface area contributed by atoms with Gasteiger partial charge in [0.05, 0.1) is 18.3 Å². The van der Waals surface area contributed by atoms with Crippen molar-refractivity contribution in [3.8, 4) is 0 Å². The van der Waals surface area contributed by atoms with Crippen molar-refractivity contribution in [2.75, 3.05) is 16.8 Å². The van der Waals surface area contributed by atoms with Crippen molar-refractivity contribution in [3.63, 3.8) is 0 Å². The standard InChI is InChI=1S/C19H18ClF2N7/c1-2-3-13-8-17(28-27-13)25-18-23-10-24-19(26-18)29-9-12(21)7-16(29)14-5-4-11(20)6-15(14)22/h2-6,8,10,12,16H,7,9H2,1H3,(H2,23,24,25,26,27,28)/b3-2+. The number of aromatic amines is 1. The molecular formula is C19H18ClF2N7. The van der Waals surface area contributed by atoms with Crippen LogP contribution in [0.15, 0.2) is 36.7 Å². The lowest BCUT2D eigenvalue weighted by Gasteiger charge is -2.25. The number of halogens is 3. The number of hydrogen-bond acceptors (Lipinski definition) is 6. The van der Waals surface area contributed by atoms with Gasteiger partial charge < -0.3 is 10.2 Å². The second-order valence-electron chi connectivity index (χ2n) is 6.61. The lowest BCUT2D eigenvalue weighted by molar-refractivity contribution is 0.356. The van der Waals surface area contributed by atoms with Crippen LogP contribution in [0.4, 0.5) is 26.5 Å². The number of alkyl halides is 1. The van der Waals surface area contributed by atoms with Gasteiger partial charge in [0.25, 0.3) is 0 Å². The van der Waals surface area contributed by atoms with Gasteiger partial charge in [0.1, 0.15) is 18.3 Å². The zero-order valence-corrected chi connectivity index (χ0v) is 16.2. The van der Waals surface area contributed by atoms with Gasteiger partial charge in [-0.05, 0) is 25.1 Å². The van der Waals surface area contributed by atoms with E-state index in [0.29, 0.717) is 11.4 Å². The number of aromatic nitrogens is 5. The minimum absolute atomic E-state index is 0.0596. The third kappa shape index (κ3) is 4.19. The smallest absolute Gasteiger partial charge is 0.233 e. The summed E-state index contributed by atoms with van der Waals surface area (Å²) in [5.74, 6) is 0.555. The summed E-state index contributed by atoms with van der Waals surface area (Å²) < 4.78 is 28.7. The minimum Gasteiger partial charge on any atom is -0.331 e. The highest BCUT2D eigenvalue weighted by Gasteiger charge is 2.36. The quantitative estimate of drug-likeness (QED) is 0.638. The molecule has 1 saturated heterocycles. The summed E-state index contributed by atoms with van der Waals surface area (Å²) in [7, 11) is 0. The number of nitrogens with zero attached hydrogens (tertiary/aromatic N) is 5. The number of rotatable bonds is 5. The molecule has 10 heteroatoms. The monoisotopic (exact) mass is 417 g/mol. The van der Waals surface area contributed by atoms with E-state index in [2.05, 4.69) is 30.5 Å². The molecule has 2 atom stereocenters. The second-order valence-corrected chi connectivity index (χ2v) is 7.05. The lowest BCUT2D eigenvalue weighted by atomic mass is 10.0. The maximum Gasteiger partial charge on any atom is 0.233 e. The van der Waals surface area contributed by atoms with E-state index in [-0.39, 0.29) is 29.9 Å². The Hall–Kier alpha value is -3.07. The van der Waals surface area contributed by atoms with Gasteiger partial charge >= 0.3 is 0 Å². The van der Waals surface area contributed by atoms with E-state index in [1.165, 1.54) is 12.4 Å². The van der Waals surface area contributed by atoms with Gasteiger partial charge in [0.2, 0.25) is 11.9 Å². The predicted molar refractivity (Wildman–Crippen MR) is 107 cm³/mol. The molecule has 0 radical (unpaired) electrons. The Balaban J connectivity index is 1.60. The number of nitrogens with one attached hydrogen (secondary N) is 2. The molecule has 150 valence electrons. The lowest BCUT2D eigenvalue weighted by Crippen LogP contribution is -2.26. The fourth-order valence-corrected chi connectivity index (χ4v) is 3.50. The number of H-pyrrole nitrogens is 1. The molecule has 0 amide bonds. The summed E-state index contributed by atoms with van der Waals surface area (Å²) in [4.78, 5) is 14.3. The van der Waals surface area contributed by atoms with Crippen LogP contribution in [0.3, 0.4) is 0 Å². The van der Waals surface area contributed by atoms with Gasteiger partial charge in [-0.3, -0.25) is 5.10 Å². The first kappa shape index (κ1) is 19.3. The molecule has 1 aliphatic rings. The third-order valence-corrected chi connectivity index (χ3v) is 4.81. The van der Waals surface area contributed by atoms with Crippen molar-refractivity contribution in [3.05, 3.63) is 58.8 Å². The van der Waals surface area contributed by atoms with Crippen LogP contribution in [0.5, 0.6) is 0 Å². The Morgan fingerprint density at radius 2 is 2.17 bits per heavy atom. The first-order valence-electron chi connectivity index (χ1n) is 9.03. The molecule has 0 bridgehead atoms. The molecule has 2 unspecified atom stereocenters. The molecule has 0 saturated carbocycles. The highest BCUT2D eigenvalue weighted by Crippen LogP contribution is 2.37. The van der Waals surface area contributed by atoms with Crippen LogP contribution in [0.25, 0.3) is 6.08 Å². The topological polar surface area (TPSA) is 82.6 Å². The molecule has 1 aliphatic heterocycles. The van der Waals surface area contributed by atoms with Crippen LogP contribution in [0.1, 0.15) is 30.6 Å². The van der Waals surface area contributed by atoms with Crippen LogP contribution >= 0.6 is 11.6 Å². The van der Waals surface area contributed by atoms with Crippen LogP contribution in [-0.2, 0) is 0 Å². The molecule has 3 aromatic rings. The predicted octanol–water partition coefficient (Wildman–Crippen LogP) is 4.45. The van der Waals surface area contributed by atoms with Crippen molar-refractivity contribution in [1.82, 2.24) is 25.1 Å². The van der Waals surface area contributed by atoms with Gasteiger partial charge in [-0.1, -0.05) is 23.7 Å². The van der Waals surface area contributed by atoms with Crippen molar-refractivity contribution in [1.29, 1.82) is 0 Å². The molecule has 1 fully saturated rings. The summed E-state index contributed by atoms with van der Waals surface area (Å²) in [5, 5.41) is 10.3. The molecule has 2 N–H and O–H groups in total. The molecule has 29 heavy (non-hydrogen) atoms. The number of anilines is 3. The van der Waals surface area contributed by atoms with E-state index >= 15 is 0 Å². The van der Waals surface area contributed by atoms with E-state index in [1.54, 1.807) is 23.1 Å². The van der Waals surface area contributed by atoms with Gasteiger partial charge in [-0.25, -0.2) is 18.7 Å². The fraction of sp³-hybridized carbons (Fsp3) is 0.263. The number of allylic oxidation sites excluding steroid dienone is 1. The summed E-state index contributed by atoms with van der Waals surface area (Å²) in [6, 6.07) is 5.64. The molecule has 1 aromatic carbocycles. The van der Waals surface area contributed by atoms with E-state index < -0.39 is 18.0 Å². The van der Waals surface area contributed by atoms with Gasteiger partial charge in [0.15, 0.2) is 5.82 Å². The molecule has 3 heterocycles. The Bertz CT molecular complexity index is 1040. The van der Waals surface area contributed by atoms with E-state index in [9.17, 15) is 8.78 Å². The van der Waals surface area contributed by atoms with Crippen molar-refractivity contribution in [2.24, 2.45) is 0 Å². The molecule has 4 rings (SSSR count). The summed E-state index contributed by atoms with van der Waals surface area (Å²) >= 11 is 5.84. The second kappa shape index (κ2) is 8.12. The first-order valence-corrected chi connectivity index (χ1v) is 9.41. The Labute approximate surface area is 170 Å². The fourth-order valence-electron chi connectivity index (χ4n) is 3.34. The van der Waals surface area contributed by atoms with Crippen molar-refractivity contribution in [2.45, 2.75) is 25.6 Å². The zero-order valence-electron chi connectivity index (χ0n) is 15.5. The normalized spacial score (nSPS) is 19.2. The average molecular weight is 418 g/mol. The van der Waals surface area contributed by atoms with E-state index in [4.69, 9.17) is 11.6 Å². The van der Waals surface area contributed by atoms with E-state index in [1.807, 2.05) is 19.1 Å². The Morgan fingerprint density at radius 1 is 1.31 bits per heavy atom. The average Bonchev–Trinajstić information content (AvgIpc) is 3.29. The van der Waals surface area contributed by atoms with Crippen molar-refractivity contribution < 1.29 is 8.78 Å². The summed E-state index contributed by atoms with van der Waals surface area (Å²) in [6.07, 6.45) is 4.09. The van der Waals surface area contributed by atoms with E-state index in [0.717, 1.165) is 5.69 Å². The number of hydrogen-bond donors (Lipinski definition) is 2. The van der Waals surface area contributed by atoms with Crippen LogP contribution < -0.4 is 10.2 Å². The maximum absolute atomic E-state index is 14.4. The highest BCUT2D eigenvalue weighted by atomic mass is 35.5. The molecule has 0 aliphatic carbocycles. The molecule has 0 spiro atoms. The maximum atomic E-state index is 14.4. The summed E-state index contributed by atoms with van der Waals surface area (Å²) in [6.45, 7) is 1.96. The van der Waals surface area contributed by atoms with Crippen LogP contribution in [0.2, 0.25) is 5.02 Å². The van der Waals surface area contributed by atoms with Crippen LogP contribution in [-0.4, -0.2) is 37.9 Å². The Morgan fingerprint density at radius 3 is 2.97 bits per heavy atom. The Kier molecular flexibility index (Phi) is 5.39. The molecular weight excluding hydrogens is 400 g/mol. The third-order valence-electron chi connectivity index (χ3n) is 4.57. The SMILES string of the molecule is C/C=C/c1cc(Nc2ncnc(N3CC(F)CC3c3ccc(Cl)cc3F)n2)n[nH]1. The molecule has 7 nitrogen and oxygen atoms in total. The van der Waals surface area contributed by atoms with Gasteiger partial charge in [-0.15, -0.1) is 0 Å². The zero-order chi connectivity index (χ0) is 20.4. The summed E-state index contributed by atoms with van der Waals surface area (Å²) in [5.41, 5.74) is 1.18. The first-order chi connectivity index (χ1) is 14.0. The number of benzene rings is 1. The highest BCUT2D eigenvalue weighted by molar-refractivity contribution is 6.30. The van der Waals surface area contributed by atoms with Crippen LogP contribution in [0, 0.1) is 5.82 Å². The van der Waals surface area contributed by atoms with Gasteiger partial charge in [-0.2, -0.15) is 10.1 Å². The minimum atomic E-state index is -1.13. The van der Waals surface area contributed by atoms with Gasteiger partial charge in [0, 0.05) is 23.1 Å².